The van der Waals surface area contributed by atoms with Crippen LogP contribution in [-0.2, 0) is 6.61 Å². The van der Waals surface area contributed by atoms with Crippen LogP contribution in [0.5, 0.6) is 5.75 Å². The smallest absolute Gasteiger partial charge is 0.236 e. The lowest BCUT2D eigenvalue weighted by Gasteiger charge is -2.31. The second-order valence-corrected chi connectivity index (χ2v) is 6.84. The van der Waals surface area contributed by atoms with Crippen molar-refractivity contribution in [2.75, 3.05) is 38.1 Å². The first-order chi connectivity index (χ1) is 13.7. The van der Waals surface area contributed by atoms with Gasteiger partial charge in [-0.05, 0) is 30.3 Å². The summed E-state index contributed by atoms with van der Waals surface area (Å²) in [7, 11) is 2.09. The number of anilines is 1. The van der Waals surface area contributed by atoms with Crippen LogP contribution in [0.4, 0.5) is 5.88 Å². The van der Waals surface area contributed by atoms with Crippen molar-refractivity contribution in [2.45, 2.75) is 6.61 Å². The molecule has 4 rings (SSSR count). The zero-order valence-electron chi connectivity index (χ0n) is 15.8. The Morgan fingerprint density at radius 1 is 1.00 bits per heavy atom. The number of hydrogen-bond donors (Lipinski definition) is 0. The van der Waals surface area contributed by atoms with Crippen molar-refractivity contribution in [3.63, 3.8) is 0 Å². The third kappa shape index (κ3) is 4.00. The predicted octanol–water partition coefficient (Wildman–Crippen LogP) is 3.54. The van der Waals surface area contributed by atoms with Crippen LogP contribution < -0.4 is 9.64 Å². The Morgan fingerprint density at radius 3 is 2.36 bits per heavy atom. The molecule has 0 atom stereocenters. The van der Waals surface area contributed by atoms with Crippen LogP contribution in [0.3, 0.4) is 0 Å². The van der Waals surface area contributed by atoms with Gasteiger partial charge in [-0.25, -0.2) is 0 Å². The Balaban J connectivity index is 1.42. The van der Waals surface area contributed by atoms with Crippen molar-refractivity contribution >= 4 is 5.88 Å². The maximum absolute atomic E-state index is 9.39. The van der Waals surface area contributed by atoms with Gasteiger partial charge in [0.2, 0.25) is 17.5 Å². The third-order valence-corrected chi connectivity index (χ3v) is 4.87. The second-order valence-electron chi connectivity index (χ2n) is 6.84. The summed E-state index contributed by atoms with van der Waals surface area (Å²) < 4.78 is 11.7. The number of oxazole rings is 1. The van der Waals surface area contributed by atoms with Gasteiger partial charge in [-0.2, -0.15) is 10.2 Å². The van der Waals surface area contributed by atoms with Crippen LogP contribution >= 0.6 is 0 Å². The van der Waals surface area contributed by atoms with Gasteiger partial charge >= 0.3 is 0 Å². The Morgan fingerprint density at radius 2 is 1.68 bits per heavy atom. The molecule has 0 aliphatic carbocycles. The average Bonchev–Trinajstić information content (AvgIpc) is 3.17. The number of nitrogens with zero attached hydrogens (tertiary/aromatic N) is 4. The predicted molar refractivity (Wildman–Crippen MR) is 107 cm³/mol. The summed E-state index contributed by atoms with van der Waals surface area (Å²) in [6.07, 6.45) is 0. The lowest BCUT2D eigenvalue weighted by Crippen LogP contribution is -2.44. The van der Waals surface area contributed by atoms with Crippen LogP contribution in [-0.4, -0.2) is 43.1 Å². The molecule has 0 radical (unpaired) electrons. The number of aromatic nitrogens is 1. The summed E-state index contributed by atoms with van der Waals surface area (Å²) in [6, 6.07) is 20.2. The molecule has 6 heteroatoms. The summed E-state index contributed by atoms with van der Waals surface area (Å²) in [6.45, 7) is 3.70. The van der Waals surface area contributed by atoms with E-state index in [2.05, 4.69) is 40.0 Å². The molecule has 0 bridgehead atoms. The van der Waals surface area contributed by atoms with Gasteiger partial charge in [0.1, 0.15) is 11.8 Å². The molecule has 0 N–H and O–H groups in total. The van der Waals surface area contributed by atoms with Crippen LogP contribution in [0.2, 0.25) is 0 Å². The molecule has 1 aromatic heterocycles. The highest BCUT2D eigenvalue weighted by Crippen LogP contribution is 2.25. The molecule has 3 aromatic rings. The van der Waals surface area contributed by atoms with E-state index in [1.165, 1.54) is 0 Å². The standard InChI is InChI=1S/C22H22N4O2/c1-25-11-13-26(14-12-25)22-20(15-23)24-21(28-22)16-27-19-9-7-18(8-10-19)17-5-3-2-4-6-17/h2-10H,11-14,16H2,1H3. The van der Waals surface area contributed by atoms with E-state index in [1.807, 2.05) is 42.5 Å². The van der Waals surface area contributed by atoms with E-state index < -0.39 is 0 Å². The molecule has 2 aromatic carbocycles. The van der Waals surface area contributed by atoms with Gasteiger partial charge in [-0.1, -0.05) is 42.5 Å². The summed E-state index contributed by atoms with van der Waals surface area (Å²) in [4.78, 5) is 8.62. The van der Waals surface area contributed by atoms with Gasteiger partial charge in [0, 0.05) is 26.2 Å². The van der Waals surface area contributed by atoms with Gasteiger partial charge < -0.3 is 19.0 Å². The van der Waals surface area contributed by atoms with Gasteiger partial charge in [0.25, 0.3) is 0 Å². The molecule has 1 saturated heterocycles. The van der Waals surface area contributed by atoms with E-state index in [1.54, 1.807) is 0 Å². The normalized spacial score (nSPS) is 14.6. The minimum Gasteiger partial charge on any atom is -0.484 e. The van der Waals surface area contributed by atoms with Gasteiger partial charge in [-0.15, -0.1) is 0 Å². The van der Waals surface area contributed by atoms with Crippen LogP contribution in [0.25, 0.3) is 11.1 Å². The molecule has 28 heavy (non-hydrogen) atoms. The lowest BCUT2D eigenvalue weighted by atomic mass is 10.1. The fourth-order valence-corrected chi connectivity index (χ4v) is 3.23. The lowest BCUT2D eigenvalue weighted by molar-refractivity contribution is 0.260. The first-order valence-corrected chi connectivity index (χ1v) is 9.34. The zero-order chi connectivity index (χ0) is 19.3. The third-order valence-electron chi connectivity index (χ3n) is 4.87. The summed E-state index contributed by atoms with van der Waals surface area (Å²) in [5.41, 5.74) is 2.62. The molecule has 1 aliphatic rings. The van der Waals surface area contributed by atoms with E-state index in [9.17, 15) is 5.26 Å². The Kier molecular flexibility index (Phi) is 5.27. The van der Waals surface area contributed by atoms with Crippen LogP contribution in [0.1, 0.15) is 11.6 Å². The highest BCUT2D eigenvalue weighted by molar-refractivity contribution is 5.63. The highest BCUT2D eigenvalue weighted by atomic mass is 16.5. The molecule has 1 aliphatic heterocycles. The largest absolute Gasteiger partial charge is 0.484 e. The van der Waals surface area contributed by atoms with Crippen molar-refractivity contribution in [1.29, 1.82) is 5.26 Å². The van der Waals surface area contributed by atoms with Crippen LogP contribution in [0.15, 0.2) is 59.0 Å². The Labute approximate surface area is 164 Å². The van der Waals surface area contributed by atoms with E-state index >= 15 is 0 Å². The Hall–Kier alpha value is -3.30. The van der Waals surface area contributed by atoms with Crippen molar-refractivity contribution in [3.05, 3.63) is 66.2 Å². The fraction of sp³-hybridized carbons (Fsp3) is 0.273. The quantitative estimate of drug-likeness (QED) is 0.681. The highest BCUT2D eigenvalue weighted by Gasteiger charge is 2.23. The van der Waals surface area contributed by atoms with Crippen molar-refractivity contribution in [3.8, 4) is 22.9 Å². The minimum atomic E-state index is 0.188. The van der Waals surface area contributed by atoms with Crippen molar-refractivity contribution < 1.29 is 9.15 Å². The zero-order valence-corrected chi connectivity index (χ0v) is 15.8. The van der Waals surface area contributed by atoms with Gasteiger partial charge in [0.05, 0.1) is 0 Å². The molecule has 6 nitrogen and oxygen atoms in total. The minimum absolute atomic E-state index is 0.188. The van der Waals surface area contributed by atoms with Gasteiger partial charge in [0.15, 0.2) is 6.61 Å². The molecule has 2 heterocycles. The van der Waals surface area contributed by atoms with E-state index in [0.717, 1.165) is 43.1 Å². The first-order valence-electron chi connectivity index (χ1n) is 9.34. The maximum atomic E-state index is 9.39. The molecule has 1 fully saturated rings. The van der Waals surface area contributed by atoms with Crippen molar-refractivity contribution in [1.82, 2.24) is 9.88 Å². The molecule has 142 valence electrons. The average molecular weight is 374 g/mol. The molecular formula is C22H22N4O2. The number of rotatable bonds is 5. The van der Waals surface area contributed by atoms with E-state index in [-0.39, 0.29) is 6.61 Å². The number of ether oxygens (including phenoxy) is 1. The fourth-order valence-electron chi connectivity index (χ4n) is 3.23. The molecular weight excluding hydrogens is 352 g/mol. The molecule has 0 unspecified atom stereocenters. The van der Waals surface area contributed by atoms with E-state index in [0.29, 0.717) is 17.5 Å². The SMILES string of the molecule is CN1CCN(c2oc(COc3ccc(-c4ccccc4)cc3)nc2C#N)CC1. The summed E-state index contributed by atoms with van der Waals surface area (Å²) >= 11 is 0. The maximum Gasteiger partial charge on any atom is 0.236 e. The number of benzene rings is 2. The van der Waals surface area contributed by atoms with Crippen LogP contribution in [0, 0.1) is 11.3 Å². The monoisotopic (exact) mass is 374 g/mol. The topological polar surface area (TPSA) is 65.5 Å². The van der Waals surface area contributed by atoms with Gasteiger partial charge in [-0.3, -0.25) is 0 Å². The molecule has 0 saturated carbocycles. The number of nitriles is 1. The first kappa shape index (κ1) is 18.1. The number of piperazine rings is 1. The number of likely N-dealkylation sites (N-methyl/N-ethyl adjacent to an activating group) is 1. The molecule has 0 amide bonds. The molecule has 0 spiro atoms. The van der Waals surface area contributed by atoms with E-state index in [4.69, 9.17) is 9.15 Å². The second kappa shape index (κ2) is 8.15. The summed E-state index contributed by atoms with van der Waals surface area (Å²) in [5, 5.41) is 9.39. The van der Waals surface area contributed by atoms with Crippen molar-refractivity contribution in [2.24, 2.45) is 0 Å². The number of hydrogen-bond acceptors (Lipinski definition) is 6. The summed E-state index contributed by atoms with van der Waals surface area (Å²) in [5.74, 6) is 1.70. The Bertz CT molecular complexity index is 952.